The molecule has 12 N–H and O–H groups in total. The van der Waals surface area contributed by atoms with Crippen molar-refractivity contribution in [2.75, 3.05) is 12.3 Å². The summed E-state index contributed by atoms with van der Waals surface area (Å²) in [4.78, 5) is 47.2. The Morgan fingerprint density at radius 1 is 0.971 bits per heavy atom. The second-order valence-corrected chi connectivity index (χ2v) is 10.4. The van der Waals surface area contributed by atoms with Gasteiger partial charge in [0.15, 0.2) is 17.7 Å². The van der Waals surface area contributed by atoms with E-state index in [4.69, 9.17) is 25.2 Å². The van der Waals surface area contributed by atoms with Gasteiger partial charge in [0, 0.05) is 0 Å². The topological polar surface area (TPSA) is 342 Å². The second kappa shape index (κ2) is 15.0. The number of aromatic nitrogens is 4. The normalized spacial score (nSPS) is 25.2. The Morgan fingerprint density at radius 3 is 2.14 bits per heavy atom. The molecule has 0 aliphatic carbocycles. The first-order valence-corrected chi connectivity index (χ1v) is 12.4. The standard InChI is InChI=1S/C10H16N5O13P3.2K.2H2O.2H/c11-8-5-9(13-2-12-8)15(3-14-5)10-7(17)6(16)4(26-10)1-25-30(21,22)28-31(23,24)27-29(18,19)20;;;;;;/h2-4,6-7,10,16-17H,1H2,(H,21,22)(H,23,24)(H2,11,12,13)(H2,18,19,20);;;2*1H2;;/t4-,6-,7-,10-;;;;;;/m1....../s1. The third-order valence-corrected chi connectivity index (χ3v) is 7.62. The summed E-state index contributed by atoms with van der Waals surface area (Å²) in [6, 6.07) is 0. The van der Waals surface area contributed by atoms with Gasteiger partial charge in [-0.3, -0.25) is 9.09 Å². The molecular formula is C10H22K2N5O15P3. The first kappa shape index (κ1) is 39.0. The molecule has 6 atom stereocenters. The van der Waals surface area contributed by atoms with E-state index in [2.05, 4.69) is 28.1 Å². The molecule has 20 nitrogen and oxygen atoms in total. The molecule has 2 unspecified atom stereocenters. The molecule has 0 aromatic carbocycles. The molecule has 3 rings (SSSR count). The third kappa shape index (κ3) is 10.4. The van der Waals surface area contributed by atoms with Gasteiger partial charge in [-0.05, 0) is 0 Å². The van der Waals surface area contributed by atoms with Gasteiger partial charge in [0.2, 0.25) is 0 Å². The minimum absolute atomic E-state index is 0. The molecule has 0 spiro atoms. The van der Waals surface area contributed by atoms with E-state index in [9.17, 15) is 28.8 Å². The van der Waals surface area contributed by atoms with Gasteiger partial charge in [-0.25, -0.2) is 28.6 Å². The van der Waals surface area contributed by atoms with Gasteiger partial charge in [-0.1, -0.05) is 0 Å². The number of nitrogens with zero attached hydrogens (tertiary/aromatic N) is 4. The van der Waals surface area contributed by atoms with E-state index in [0.717, 1.165) is 6.33 Å². The fourth-order valence-corrected chi connectivity index (χ4v) is 5.65. The average molecular weight is 623 g/mol. The summed E-state index contributed by atoms with van der Waals surface area (Å²) in [6.45, 7) is -0.956. The average Bonchev–Trinajstić information content (AvgIpc) is 3.13. The summed E-state index contributed by atoms with van der Waals surface area (Å²) in [5, 5.41) is 20.4. The molecule has 194 valence electrons. The molecule has 0 saturated carbocycles. The number of hydrogen-bond donors (Lipinski definition) is 7. The summed E-state index contributed by atoms with van der Waals surface area (Å²) in [7, 11) is -16.7. The summed E-state index contributed by atoms with van der Waals surface area (Å²) in [5.41, 5.74) is 6.00. The Labute approximate surface area is 280 Å². The van der Waals surface area contributed by atoms with E-state index in [0.29, 0.717) is 0 Å². The summed E-state index contributed by atoms with van der Waals surface area (Å²) in [5.74, 6) is 0.0426. The Balaban J connectivity index is 0. The van der Waals surface area contributed by atoms with Crippen LogP contribution in [0.4, 0.5) is 5.82 Å². The number of phosphoric ester groups is 1. The van der Waals surface area contributed by atoms with Crippen LogP contribution in [-0.2, 0) is 31.6 Å². The van der Waals surface area contributed by atoms with Crippen LogP contribution in [0, 0.1) is 0 Å². The van der Waals surface area contributed by atoms with Crippen LogP contribution in [0.3, 0.4) is 0 Å². The van der Waals surface area contributed by atoms with Crippen LogP contribution >= 0.6 is 23.5 Å². The van der Waals surface area contributed by atoms with Crippen molar-refractivity contribution in [2.24, 2.45) is 0 Å². The number of ether oxygens (including phenoxy) is 1. The molecule has 35 heavy (non-hydrogen) atoms. The second-order valence-electron chi connectivity index (χ2n) is 6.02. The van der Waals surface area contributed by atoms with Gasteiger partial charge < -0.3 is 51.2 Å². The number of aliphatic hydroxyl groups excluding tert-OH is 2. The Bertz CT molecular complexity index is 1120. The van der Waals surface area contributed by atoms with Crippen LogP contribution < -0.4 is 5.73 Å². The molecule has 0 radical (unpaired) electrons. The van der Waals surface area contributed by atoms with Crippen molar-refractivity contribution in [1.29, 1.82) is 0 Å². The molecule has 1 aliphatic heterocycles. The minimum atomic E-state index is -5.70. The van der Waals surface area contributed by atoms with Crippen LogP contribution in [-0.4, -0.2) is 188 Å². The van der Waals surface area contributed by atoms with Crippen molar-refractivity contribution in [3.63, 3.8) is 0 Å². The summed E-state index contributed by atoms with van der Waals surface area (Å²) in [6.07, 6.45) is -3.69. The van der Waals surface area contributed by atoms with Crippen LogP contribution in [0.25, 0.3) is 11.2 Å². The Kier molecular flexibility index (Phi) is 16.7. The summed E-state index contributed by atoms with van der Waals surface area (Å²) >= 11 is 0. The number of fused-ring (bicyclic) bond motifs is 1. The van der Waals surface area contributed by atoms with Crippen molar-refractivity contribution in [3.8, 4) is 0 Å². The SMILES string of the molecule is Nc1ncnc2c1ncn2[C@@H]1O[C@H](COP(=O)(O)OP(=O)(O)OP(=O)(O)O)[C@@H](O)[C@H]1O.O.O.[KH].[KH]. The van der Waals surface area contributed by atoms with Crippen LogP contribution in [0.15, 0.2) is 12.7 Å². The van der Waals surface area contributed by atoms with E-state index in [1.54, 1.807) is 0 Å². The molecule has 2 aromatic rings. The number of imidazole rings is 1. The van der Waals surface area contributed by atoms with Gasteiger partial charge in [0.05, 0.1) is 12.9 Å². The van der Waals surface area contributed by atoms with Gasteiger partial charge in [0.25, 0.3) is 0 Å². The number of nitrogens with two attached hydrogens (primary N) is 1. The van der Waals surface area contributed by atoms with Crippen LogP contribution in [0.1, 0.15) is 6.23 Å². The zero-order chi connectivity index (χ0) is 23.2. The number of aliphatic hydroxyl groups is 2. The fraction of sp³-hybridized carbons (Fsp3) is 0.500. The van der Waals surface area contributed by atoms with E-state index in [1.165, 1.54) is 10.9 Å². The van der Waals surface area contributed by atoms with Gasteiger partial charge >= 0.3 is 126 Å². The quantitative estimate of drug-likeness (QED) is 0.107. The Morgan fingerprint density at radius 2 is 1.57 bits per heavy atom. The van der Waals surface area contributed by atoms with Crippen LogP contribution in [0.2, 0.25) is 0 Å². The predicted octanol–water partition coefficient (Wildman–Crippen LogP) is -4.58. The van der Waals surface area contributed by atoms with Gasteiger partial charge in [-0.15, -0.1) is 0 Å². The molecule has 25 heteroatoms. The van der Waals surface area contributed by atoms with E-state index in [1.807, 2.05) is 0 Å². The third-order valence-electron chi connectivity index (χ3n) is 3.82. The summed E-state index contributed by atoms with van der Waals surface area (Å²) < 4.78 is 51.9. The first-order chi connectivity index (χ1) is 14.2. The van der Waals surface area contributed by atoms with E-state index in [-0.39, 0.29) is 131 Å². The van der Waals surface area contributed by atoms with Crippen LogP contribution in [0.5, 0.6) is 0 Å². The molecule has 0 amide bonds. The van der Waals surface area contributed by atoms with Crippen molar-refractivity contribution in [3.05, 3.63) is 12.7 Å². The molecule has 1 fully saturated rings. The fourth-order valence-electron chi connectivity index (χ4n) is 2.62. The zero-order valence-corrected chi connectivity index (χ0v) is 18.6. The molecule has 0 bridgehead atoms. The van der Waals surface area contributed by atoms with Crippen molar-refractivity contribution in [2.45, 2.75) is 24.5 Å². The first-order valence-electron chi connectivity index (χ1n) is 7.92. The molecule has 1 saturated heterocycles. The van der Waals surface area contributed by atoms with Crippen molar-refractivity contribution >= 4 is 143 Å². The predicted molar refractivity (Wildman–Crippen MR) is 117 cm³/mol. The molecule has 1 aliphatic rings. The number of phosphoric acid groups is 3. The number of rotatable bonds is 8. The maximum atomic E-state index is 11.8. The Hall–Kier alpha value is 1.83. The molecule has 3 heterocycles. The van der Waals surface area contributed by atoms with E-state index < -0.39 is 54.6 Å². The molecule has 2 aromatic heterocycles. The van der Waals surface area contributed by atoms with Crippen molar-refractivity contribution in [1.82, 2.24) is 19.5 Å². The van der Waals surface area contributed by atoms with Crippen molar-refractivity contribution < 1.29 is 72.3 Å². The molecular weight excluding hydrogens is 601 g/mol. The van der Waals surface area contributed by atoms with Gasteiger partial charge in [-0.2, -0.15) is 8.62 Å². The zero-order valence-electron chi connectivity index (χ0n) is 15.9. The maximum absolute atomic E-state index is 11.8. The van der Waals surface area contributed by atoms with Gasteiger partial charge in [0.1, 0.15) is 30.2 Å². The monoisotopic (exact) mass is 623 g/mol. The number of hydrogen-bond acceptors (Lipinski definition) is 13. The number of nitrogen functional groups attached to an aromatic ring is 1. The van der Waals surface area contributed by atoms with E-state index >= 15 is 0 Å². The number of anilines is 1.